The van der Waals surface area contributed by atoms with Gasteiger partial charge in [0.05, 0.1) is 5.69 Å². The van der Waals surface area contributed by atoms with E-state index in [-0.39, 0.29) is 5.60 Å². The molecule has 0 radical (unpaired) electrons. The lowest BCUT2D eigenvalue weighted by atomic mass is 10.0. The summed E-state index contributed by atoms with van der Waals surface area (Å²) < 4.78 is 11.9. The first-order valence-corrected chi connectivity index (χ1v) is 7.92. The van der Waals surface area contributed by atoms with E-state index in [4.69, 9.17) is 9.47 Å². The summed E-state index contributed by atoms with van der Waals surface area (Å²) in [5.41, 5.74) is 1.87. The van der Waals surface area contributed by atoms with Crippen molar-refractivity contribution in [2.75, 3.05) is 26.8 Å². The Hall–Kier alpha value is -1.98. The maximum Gasteiger partial charge on any atom is 0.122 e. The van der Waals surface area contributed by atoms with Crippen LogP contribution in [0.5, 0.6) is 5.75 Å². The normalized spacial score (nSPS) is 21.5. The molecular weight excluding hydrogens is 290 g/mol. The number of rotatable bonds is 6. The van der Waals surface area contributed by atoms with Crippen LogP contribution in [0.1, 0.15) is 17.7 Å². The Morgan fingerprint density at radius 3 is 2.87 bits per heavy atom. The second-order valence-electron chi connectivity index (χ2n) is 6.10. The van der Waals surface area contributed by atoms with Crippen molar-refractivity contribution in [1.82, 2.24) is 14.9 Å². The first-order chi connectivity index (χ1) is 11.2. The lowest BCUT2D eigenvalue weighted by Gasteiger charge is -2.28. The van der Waals surface area contributed by atoms with Gasteiger partial charge in [0.25, 0.3) is 0 Å². The molecule has 0 N–H and O–H groups in total. The van der Waals surface area contributed by atoms with Crippen LogP contribution in [0, 0.1) is 6.92 Å². The van der Waals surface area contributed by atoms with Crippen LogP contribution in [0.25, 0.3) is 0 Å². The molecule has 0 spiro atoms. The number of methoxy groups -OCH3 is 1. The van der Waals surface area contributed by atoms with Crippen molar-refractivity contribution in [2.45, 2.75) is 25.5 Å². The Bertz CT molecular complexity index is 635. The maximum absolute atomic E-state index is 6.03. The third-order valence-corrected chi connectivity index (χ3v) is 4.41. The fourth-order valence-electron chi connectivity index (χ4n) is 2.97. The molecule has 1 aromatic heterocycles. The standard InChI is InChI=1S/C18H23N3O2/c1-15-5-3-4-6-17(15)23-14-18(22-2)7-10-21(13-18)12-16-11-19-8-9-20-16/h3-6,8-9,11H,7,10,12-14H2,1-2H3. The summed E-state index contributed by atoms with van der Waals surface area (Å²) in [5.74, 6) is 0.927. The van der Waals surface area contributed by atoms with Crippen molar-refractivity contribution in [3.8, 4) is 5.75 Å². The third-order valence-electron chi connectivity index (χ3n) is 4.41. The molecule has 2 heterocycles. The van der Waals surface area contributed by atoms with Crippen molar-refractivity contribution in [1.29, 1.82) is 0 Å². The lowest BCUT2D eigenvalue weighted by Crippen LogP contribution is -2.41. The number of ether oxygens (including phenoxy) is 2. The van der Waals surface area contributed by atoms with E-state index < -0.39 is 0 Å². The Morgan fingerprint density at radius 1 is 1.26 bits per heavy atom. The Kier molecular flexibility index (Phi) is 4.88. The highest BCUT2D eigenvalue weighted by Crippen LogP contribution is 2.28. The minimum absolute atomic E-state index is 0.259. The Labute approximate surface area is 137 Å². The zero-order valence-corrected chi connectivity index (χ0v) is 13.7. The molecule has 0 aliphatic carbocycles. The average Bonchev–Trinajstić information content (AvgIpc) is 2.99. The second-order valence-corrected chi connectivity index (χ2v) is 6.10. The van der Waals surface area contributed by atoms with Crippen molar-refractivity contribution in [3.05, 3.63) is 54.1 Å². The van der Waals surface area contributed by atoms with Gasteiger partial charge in [-0.05, 0) is 25.0 Å². The SMILES string of the molecule is COC1(COc2ccccc2C)CCN(Cc2cnccn2)C1. The zero-order valence-electron chi connectivity index (χ0n) is 13.7. The van der Waals surface area contributed by atoms with Gasteiger partial charge in [0, 0.05) is 45.3 Å². The van der Waals surface area contributed by atoms with E-state index in [1.807, 2.05) is 24.4 Å². The summed E-state index contributed by atoms with van der Waals surface area (Å²) >= 11 is 0. The first kappa shape index (κ1) is 15.9. The summed E-state index contributed by atoms with van der Waals surface area (Å²) in [6, 6.07) is 8.08. The molecule has 0 amide bonds. The number of likely N-dealkylation sites (tertiary alicyclic amines) is 1. The number of hydrogen-bond donors (Lipinski definition) is 0. The smallest absolute Gasteiger partial charge is 0.122 e. The van der Waals surface area contributed by atoms with Gasteiger partial charge in [-0.1, -0.05) is 18.2 Å². The summed E-state index contributed by atoms with van der Waals surface area (Å²) in [6.45, 7) is 5.23. The number of para-hydroxylation sites is 1. The van der Waals surface area contributed by atoms with Crippen LogP contribution in [-0.2, 0) is 11.3 Å². The number of aromatic nitrogens is 2. The Morgan fingerprint density at radius 2 is 2.13 bits per heavy atom. The predicted molar refractivity (Wildman–Crippen MR) is 88.3 cm³/mol. The van der Waals surface area contributed by atoms with Gasteiger partial charge in [0.2, 0.25) is 0 Å². The molecule has 3 rings (SSSR count). The molecule has 5 nitrogen and oxygen atoms in total. The molecule has 0 saturated carbocycles. The van der Waals surface area contributed by atoms with Crippen molar-refractivity contribution < 1.29 is 9.47 Å². The minimum atomic E-state index is -0.259. The Balaban J connectivity index is 1.60. The molecule has 1 aliphatic heterocycles. The quantitative estimate of drug-likeness (QED) is 0.820. The van der Waals surface area contributed by atoms with Crippen molar-refractivity contribution in [3.63, 3.8) is 0 Å². The molecule has 1 atom stereocenters. The number of hydrogen-bond acceptors (Lipinski definition) is 5. The van der Waals surface area contributed by atoms with Crippen molar-refractivity contribution >= 4 is 0 Å². The fraction of sp³-hybridized carbons (Fsp3) is 0.444. The second kappa shape index (κ2) is 7.06. The average molecular weight is 313 g/mol. The van der Waals surface area contributed by atoms with Gasteiger partial charge >= 0.3 is 0 Å². The summed E-state index contributed by atoms with van der Waals surface area (Å²) in [4.78, 5) is 10.8. The van der Waals surface area contributed by atoms with E-state index in [0.29, 0.717) is 6.61 Å². The maximum atomic E-state index is 6.03. The van der Waals surface area contributed by atoms with Gasteiger partial charge in [-0.15, -0.1) is 0 Å². The topological polar surface area (TPSA) is 47.5 Å². The highest BCUT2D eigenvalue weighted by molar-refractivity contribution is 5.31. The van der Waals surface area contributed by atoms with Gasteiger partial charge in [-0.25, -0.2) is 0 Å². The number of aryl methyl sites for hydroxylation is 1. The van der Waals surface area contributed by atoms with E-state index >= 15 is 0 Å². The van der Waals surface area contributed by atoms with Crippen LogP contribution in [0.15, 0.2) is 42.9 Å². The van der Waals surface area contributed by atoms with Crippen LogP contribution in [0.3, 0.4) is 0 Å². The molecular formula is C18H23N3O2. The van der Waals surface area contributed by atoms with E-state index in [9.17, 15) is 0 Å². The van der Waals surface area contributed by atoms with Crippen LogP contribution >= 0.6 is 0 Å². The largest absolute Gasteiger partial charge is 0.490 e. The summed E-state index contributed by atoms with van der Waals surface area (Å²) in [5, 5.41) is 0. The van der Waals surface area contributed by atoms with E-state index in [0.717, 1.165) is 43.1 Å². The van der Waals surface area contributed by atoms with Gasteiger partial charge in [0.1, 0.15) is 18.0 Å². The molecule has 1 aliphatic rings. The molecule has 122 valence electrons. The van der Waals surface area contributed by atoms with E-state index in [1.54, 1.807) is 19.5 Å². The zero-order chi connectivity index (χ0) is 16.1. The molecule has 2 aromatic rings. The minimum Gasteiger partial charge on any atom is -0.490 e. The molecule has 1 aromatic carbocycles. The summed E-state index contributed by atoms with van der Waals surface area (Å²) in [6.07, 6.45) is 6.20. The van der Waals surface area contributed by atoms with Crippen LogP contribution < -0.4 is 4.74 Å². The highest BCUT2D eigenvalue weighted by Gasteiger charge is 2.39. The van der Waals surface area contributed by atoms with Gasteiger partial charge in [-0.2, -0.15) is 0 Å². The first-order valence-electron chi connectivity index (χ1n) is 7.92. The van der Waals surface area contributed by atoms with Gasteiger partial charge < -0.3 is 9.47 Å². The molecule has 1 unspecified atom stereocenters. The predicted octanol–water partition coefficient (Wildman–Crippen LogP) is 2.45. The van der Waals surface area contributed by atoms with Gasteiger partial charge in [-0.3, -0.25) is 14.9 Å². The third kappa shape index (κ3) is 3.86. The molecule has 5 heteroatoms. The molecule has 1 saturated heterocycles. The highest BCUT2D eigenvalue weighted by atomic mass is 16.5. The molecule has 0 bridgehead atoms. The lowest BCUT2D eigenvalue weighted by molar-refractivity contribution is -0.0361. The molecule has 1 fully saturated rings. The number of nitrogens with zero attached hydrogens (tertiary/aromatic N) is 3. The number of benzene rings is 1. The van der Waals surface area contributed by atoms with Crippen LogP contribution in [0.2, 0.25) is 0 Å². The van der Waals surface area contributed by atoms with Gasteiger partial charge in [0.15, 0.2) is 0 Å². The van der Waals surface area contributed by atoms with Crippen molar-refractivity contribution in [2.24, 2.45) is 0 Å². The molecule has 23 heavy (non-hydrogen) atoms. The van der Waals surface area contributed by atoms with E-state index in [2.05, 4.69) is 27.9 Å². The fourth-order valence-corrected chi connectivity index (χ4v) is 2.97. The van der Waals surface area contributed by atoms with E-state index in [1.165, 1.54) is 0 Å². The van der Waals surface area contributed by atoms with Crippen LogP contribution in [-0.4, -0.2) is 47.3 Å². The van der Waals surface area contributed by atoms with Crippen LogP contribution in [0.4, 0.5) is 0 Å². The summed E-state index contributed by atoms with van der Waals surface area (Å²) in [7, 11) is 1.77. The monoisotopic (exact) mass is 313 g/mol.